The maximum Gasteiger partial charge on any atom is 0.269 e. The highest BCUT2D eigenvalue weighted by molar-refractivity contribution is 5.89. The summed E-state index contributed by atoms with van der Waals surface area (Å²) in [6.07, 6.45) is 0.636. The first kappa shape index (κ1) is 14.6. The van der Waals surface area contributed by atoms with E-state index in [9.17, 15) is 14.9 Å². The van der Waals surface area contributed by atoms with E-state index in [0.29, 0.717) is 18.2 Å². The van der Waals surface area contributed by atoms with Crippen molar-refractivity contribution in [2.45, 2.75) is 19.8 Å². The summed E-state index contributed by atoms with van der Waals surface area (Å²) in [5.74, 6) is 0.750. The zero-order valence-corrected chi connectivity index (χ0v) is 11.7. The van der Waals surface area contributed by atoms with Gasteiger partial charge in [0.05, 0.1) is 4.92 Å². The molecule has 8 nitrogen and oxygen atoms in total. The number of hydrogen-bond acceptors (Lipinski definition) is 5. The number of nitro groups is 1. The molecule has 1 heterocycles. The van der Waals surface area contributed by atoms with Gasteiger partial charge in [0.15, 0.2) is 0 Å². The fraction of sp³-hybridized carbons (Fsp3) is 0.308. The van der Waals surface area contributed by atoms with Crippen molar-refractivity contribution in [3.63, 3.8) is 0 Å². The Hall–Kier alpha value is -2.77. The number of carbonyl (C=O) groups is 1. The predicted octanol–water partition coefficient (Wildman–Crippen LogP) is 1.60. The molecule has 0 unspecified atom stereocenters. The van der Waals surface area contributed by atoms with Gasteiger partial charge in [0.2, 0.25) is 11.9 Å². The summed E-state index contributed by atoms with van der Waals surface area (Å²) in [6, 6.07) is 6.26. The predicted molar refractivity (Wildman–Crippen MR) is 75.8 cm³/mol. The normalized spacial score (nSPS) is 10.4. The molecule has 0 saturated carbocycles. The first-order valence-corrected chi connectivity index (χ1v) is 6.36. The number of aryl methyl sites for hydroxylation is 3. The van der Waals surface area contributed by atoms with Crippen LogP contribution in [0.2, 0.25) is 0 Å². The van der Waals surface area contributed by atoms with Gasteiger partial charge in [-0.3, -0.25) is 20.2 Å². The van der Waals surface area contributed by atoms with Gasteiger partial charge in [-0.25, -0.2) is 4.68 Å². The smallest absolute Gasteiger partial charge is 0.269 e. The summed E-state index contributed by atoms with van der Waals surface area (Å²) in [5, 5.41) is 17.4. The van der Waals surface area contributed by atoms with Crippen LogP contribution >= 0.6 is 0 Å². The lowest BCUT2D eigenvalue weighted by Gasteiger charge is -2.04. The van der Waals surface area contributed by atoms with Gasteiger partial charge in [0.25, 0.3) is 5.69 Å². The molecule has 0 fully saturated rings. The third kappa shape index (κ3) is 3.85. The van der Waals surface area contributed by atoms with E-state index in [1.54, 1.807) is 26.1 Å². The lowest BCUT2D eigenvalue weighted by molar-refractivity contribution is -0.384. The third-order valence-electron chi connectivity index (χ3n) is 2.88. The number of hydrogen-bond donors (Lipinski definition) is 1. The zero-order chi connectivity index (χ0) is 15.4. The van der Waals surface area contributed by atoms with Crippen molar-refractivity contribution >= 4 is 17.5 Å². The number of nitrogens with zero attached hydrogens (tertiary/aromatic N) is 4. The van der Waals surface area contributed by atoms with Crippen LogP contribution in [0.4, 0.5) is 11.6 Å². The summed E-state index contributed by atoms with van der Waals surface area (Å²) in [6.45, 7) is 1.73. The highest BCUT2D eigenvalue weighted by atomic mass is 16.6. The second-order valence-corrected chi connectivity index (χ2v) is 4.58. The Labute approximate surface area is 121 Å². The summed E-state index contributed by atoms with van der Waals surface area (Å²) < 4.78 is 1.49. The average molecular weight is 289 g/mol. The van der Waals surface area contributed by atoms with Gasteiger partial charge >= 0.3 is 0 Å². The number of aromatic nitrogens is 3. The van der Waals surface area contributed by atoms with Gasteiger partial charge in [0.1, 0.15) is 5.82 Å². The van der Waals surface area contributed by atoms with Crippen molar-refractivity contribution < 1.29 is 9.72 Å². The van der Waals surface area contributed by atoms with E-state index in [1.807, 2.05) is 0 Å². The minimum atomic E-state index is -0.452. The number of nitro benzene ring substituents is 1. The molecule has 0 atom stereocenters. The Morgan fingerprint density at radius 2 is 2.24 bits per heavy atom. The summed E-state index contributed by atoms with van der Waals surface area (Å²) in [7, 11) is 1.69. The van der Waals surface area contributed by atoms with Crippen molar-refractivity contribution in [3.8, 4) is 0 Å². The van der Waals surface area contributed by atoms with E-state index in [2.05, 4.69) is 15.4 Å². The van der Waals surface area contributed by atoms with Crippen LogP contribution in [0.3, 0.4) is 0 Å². The minimum Gasteiger partial charge on any atom is -0.295 e. The van der Waals surface area contributed by atoms with Crippen LogP contribution in [0.15, 0.2) is 24.3 Å². The van der Waals surface area contributed by atoms with Crippen LogP contribution in [0.5, 0.6) is 0 Å². The van der Waals surface area contributed by atoms with E-state index in [4.69, 9.17) is 0 Å². The molecule has 2 rings (SSSR count). The van der Waals surface area contributed by atoms with Crippen molar-refractivity contribution in [2.24, 2.45) is 7.05 Å². The molecule has 1 amide bonds. The summed E-state index contributed by atoms with van der Waals surface area (Å²) in [4.78, 5) is 26.1. The number of benzene rings is 1. The second-order valence-electron chi connectivity index (χ2n) is 4.58. The number of amides is 1. The molecule has 0 aliphatic rings. The van der Waals surface area contributed by atoms with E-state index >= 15 is 0 Å². The maximum atomic E-state index is 11.8. The largest absolute Gasteiger partial charge is 0.295 e. The Balaban J connectivity index is 1.93. The molecule has 0 bridgehead atoms. The fourth-order valence-corrected chi connectivity index (χ4v) is 1.89. The molecule has 1 aromatic heterocycles. The van der Waals surface area contributed by atoms with Crippen LogP contribution in [-0.2, 0) is 18.3 Å². The van der Waals surface area contributed by atoms with Crippen molar-refractivity contribution in [1.82, 2.24) is 14.8 Å². The molecular formula is C13H15N5O3. The Bertz CT molecular complexity index is 680. The standard InChI is InChI=1S/C13H15N5O3/c1-9-14-13(17(2)16-9)15-12(19)7-6-10-4-3-5-11(8-10)18(20)21/h3-5,8H,6-7H2,1-2H3,(H,14,15,16,19). The van der Waals surface area contributed by atoms with Gasteiger partial charge in [-0.1, -0.05) is 12.1 Å². The highest BCUT2D eigenvalue weighted by Crippen LogP contribution is 2.14. The third-order valence-corrected chi connectivity index (χ3v) is 2.88. The van der Waals surface area contributed by atoms with Crippen molar-refractivity contribution in [3.05, 3.63) is 45.8 Å². The van der Waals surface area contributed by atoms with Crippen LogP contribution in [0.25, 0.3) is 0 Å². The molecule has 0 spiro atoms. The summed E-state index contributed by atoms with van der Waals surface area (Å²) in [5.41, 5.74) is 0.769. The van der Waals surface area contributed by atoms with E-state index in [-0.39, 0.29) is 18.0 Å². The maximum absolute atomic E-state index is 11.8. The lowest BCUT2D eigenvalue weighted by Crippen LogP contribution is -2.15. The molecule has 1 aromatic carbocycles. The molecule has 0 saturated heterocycles. The second kappa shape index (κ2) is 6.12. The molecule has 0 aliphatic heterocycles. The molecule has 0 radical (unpaired) electrons. The topological polar surface area (TPSA) is 103 Å². The number of nitrogens with one attached hydrogen (secondary N) is 1. The molecule has 1 N–H and O–H groups in total. The van der Waals surface area contributed by atoms with E-state index in [1.165, 1.54) is 16.8 Å². The van der Waals surface area contributed by atoms with Crippen LogP contribution < -0.4 is 5.32 Å². The molecular weight excluding hydrogens is 274 g/mol. The minimum absolute atomic E-state index is 0.0248. The highest BCUT2D eigenvalue weighted by Gasteiger charge is 2.10. The number of anilines is 1. The van der Waals surface area contributed by atoms with Gasteiger partial charge < -0.3 is 0 Å². The van der Waals surface area contributed by atoms with Crippen LogP contribution in [0.1, 0.15) is 17.8 Å². The van der Waals surface area contributed by atoms with Crippen molar-refractivity contribution in [1.29, 1.82) is 0 Å². The summed E-state index contributed by atoms with van der Waals surface area (Å²) >= 11 is 0. The molecule has 110 valence electrons. The zero-order valence-electron chi connectivity index (χ0n) is 11.7. The number of non-ortho nitro benzene ring substituents is 1. The van der Waals surface area contributed by atoms with Gasteiger partial charge in [-0.15, -0.1) is 0 Å². The van der Waals surface area contributed by atoms with Crippen LogP contribution in [0, 0.1) is 17.0 Å². The Morgan fingerprint density at radius 1 is 1.48 bits per heavy atom. The van der Waals surface area contributed by atoms with E-state index in [0.717, 1.165) is 5.56 Å². The van der Waals surface area contributed by atoms with Gasteiger partial charge in [0, 0.05) is 25.6 Å². The molecule has 0 aliphatic carbocycles. The Morgan fingerprint density at radius 3 is 2.86 bits per heavy atom. The number of carbonyl (C=O) groups excluding carboxylic acids is 1. The number of rotatable bonds is 5. The Kier molecular flexibility index (Phi) is 4.27. The monoisotopic (exact) mass is 289 g/mol. The van der Waals surface area contributed by atoms with E-state index < -0.39 is 4.92 Å². The molecule has 2 aromatic rings. The van der Waals surface area contributed by atoms with Gasteiger partial charge in [-0.05, 0) is 18.9 Å². The molecule has 8 heteroatoms. The van der Waals surface area contributed by atoms with Crippen LogP contribution in [-0.4, -0.2) is 25.6 Å². The SMILES string of the molecule is Cc1nc(NC(=O)CCc2cccc([N+](=O)[O-])c2)n(C)n1. The lowest BCUT2D eigenvalue weighted by atomic mass is 10.1. The quantitative estimate of drug-likeness (QED) is 0.665. The first-order chi connectivity index (χ1) is 9.95. The molecule has 21 heavy (non-hydrogen) atoms. The first-order valence-electron chi connectivity index (χ1n) is 6.36. The fourth-order valence-electron chi connectivity index (χ4n) is 1.89. The van der Waals surface area contributed by atoms with Gasteiger partial charge in [-0.2, -0.15) is 10.1 Å². The van der Waals surface area contributed by atoms with Crippen molar-refractivity contribution in [2.75, 3.05) is 5.32 Å². The average Bonchev–Trinajstić information content (AvgIpc) is 2.75.